The van der Waals surface area contributed by atoms with Crippen molar-refractivity contribution in [3.05, 3.63) is 60.1 Å². The predicted molar refractivity (Wildman–Crippen MR) is 59.7 cm³/mol. The van der Waals surface area contributed by atoms with Crippen LogP contribution in [0.3, 0.4) is 0 Å². The van der Waals surface area contributed by atoms with Crippen molar-refractivity contribution in [3.8, 4) is 0 Å². The number of aliphatic hydroxyl groups is 2. The van der Waals surface area contributed by atoms with Gasteiger partial charge in [-0.2, -0.15) is 0 Å². The van der Waals surface area contributed by atoms with Crippen molar-refractivity contribution in [2.75, 3.05) is 0 Å². The molecule has 16 heavy (non-hydrogen) atoms. The highest BCUT2D eigenvalue weighted by Crippen LogP contribution is 2.26. The molecule has 0 aliphatic carbocycles. The van der Waals surface area contributed by atoms with Gasteiger partial charge >= 0.3 is 0 Å². The smallest absolute Gasteiger partial charge is 0.132 e. The Balaban J connectivity index is 2.00. The number of benzene rings is 1. The second kappa shape index (κ2) is 4.96. The summed E-state index contributed by atoms with van der Waals surface area (Å²) in [7, 11) is 0. The lowest BCUT2D eigenvalue weighted by atomic mass is 10.0. The summed E-state index contributed by atoms with van der Waals surface area (Å²) < 4.78 is 5.07. The second-order valence-corrected chi connectivity index (χ2v) is 3.69. The molecule has 0 saturated heterocycles. The molecule has 0 aliphatic rings. The molecule has 0 saturated carbocycles. The van der Waals surface area contributed by atoms with E-state index in [2.05, 4.69) is 0 Å². The number of hydrogen-bond acceptors (Lipinski definition) is 3. The van der Waals surface area contributed by atoms with Gasteiger partial charge in [0.2, 0.25) is 0 Å². The number of hydrogen-bond donors (Lipinski definition) is 2. The van der Waals surface area contributed by atoms with Gasteiger partial charge in [0, 0.05) is 6.42 Å². The van der Waals surface area contributed by atoms with Crippen LogP contribution in [0.4, 0.5) is 0 Å². The van der Waals surface area contributed by atoms with E-state index in [-0.39, 0.29) is 6.42 Å². The van der Waals surface area contributed by atoms with Crippen LogP contribution in [0.15, 0.2) is 53.1 Å². The summed E-state index contributed by atoms with van der Waals surface area (Å²) in [6.45, 7) is 0. The molecule has 0 fully saturated rings. The van der Waals surface area contributed by atoms with Gasteiger partial charge in [0.1, 0.15) is 11.9 Å². The van der Waals surface area contributed by atoms with Crippen molar-refractivity contribution >= 4 is 0 Å². The first kappa shape index (κ1) is 10.9. The summed E-state index contributed by atoms with van der Waals surface area (Å²) in [6, 6.07) is 12.7. The van der Waals surface area contributed by atoms with Crippen molar-refractivity contribution in [1.82, 2.24) is 0 Å². The van der Waals surface area contributed by atoms with E-state index in [1.54, 1.807) is 12.1 Å². The average Bonchev–Trinajstić information content (AvgIpc) is 2.83. The van der Waals surface area contributed by atoms with Gasteiger partial charge in [0.25, 0.3) is 0 Å². The van der Waals surface area contributed by atoms with Crippen LogP contribution in [0.25, 0.3) is 0 Å². The first-order chi connectivity index (χ1) is 7.77. The molecule has 2 N–H and O–H groups in total. The van der Waals surface area contributed by atoms with Crippen molar-refractivity contribution in [2.45, 2.75) is 18.6 Å². The fourth-order valence-electron chi connectivity index (χ4n) is 1.62. The van der Waals surface area contributed by atoms with E-state index in [4.69, 9.17) is 4.42 Å². The second-order valence-electron chi connectivity index (χ2n) is 3.69. The van der Waals surface area contributed by atoms with E-state index in [1.165, 1.54) is 6.26 Å². The Bertz CT molecular complexity index is 408. The molecule has 1 aromatic heterocycles. The lowest BCUT2D eigenvalue weighted by molar-refractivity contribution is 0.0672. The fraction of sp³-hybridized carbons (Fsp3) is 0.231. The Kier molecular flexibility index (Phi) is 3.39. The predicted octanol–water partition coefficient (Wildman–Crippen LogP) is 2.44. The molecular weight excluding hydrogens is 204 g/mol. The van der Waals surface area contributed by atoms with E-state index in [0.29, 0.717) is 5.76 Å². The van der Waals surface area contributed by atoms with Crippen LogP contribution in [0, 0.1) is 0 Å². The number of aliphatic hydroxyl groups excluding tert-OH is 2. The van der Waals surface area contributed by atoms with Crippen LogP contribution < -0.4 is 0 Å². The Morgan fingerprint density at radius 3 is 2.31 bits per heavy atom. The highest BCUT2D eigenvalue weighted by molar-refractivity contribution is 5.17. The Morgan fingerprint density at radius 2 is 1.69 bits per heavy atom. The van der Waals surface area contributed by atoms with Crippen LogP contribution in [0.2, 0.25) is 0 Å². The normalized spacial score (nSPS) is 14.6. The lowest BCUT2D eigenvalue weighted by Crippen LogP contribution is -2.04. The molecule has 2 atom stereocenters. The number of rotatable bonds is 4. The van der Waals surface area contributed by atoms with Gasteiger partial charge in [-0.15, -0.1) is 0 Å². The van der Waals surface area contributed by atoms with Crippen molar-refractivity contribution in [2.24, 2.45) is 0 Å². The summed E-state index contributed by atoms with van der Waals surface area (Å²) in [5.74, 6) is 0.481. The number of furan rings is 1. The van der Waals surface area contributed by atoms with Crippen molar-refractivity contribution in [3.63, 3.8) is 0 Å². The topological polar surface area (TPSA) is 53.6 Å². The Morgan fingerprint density at radius 1 is 0.938 bits per heavy atom. The Labute approximate surface area is 94.0 Å². The van der Waals surface area contributed by atoms with Crippen LogP contribution in [-0.4, -0.2) is 10.2 Å². The summed E-state index contributed by atoms with van der Waals surface area (Å²) in [5, 5.41) is 19.7. The zero-order valence-corrected chi connectivity index (χ0v) is 8.78. The van der Waals surface area contributed by atoms with Gasteiger partial charge in [-0.05, 0) is 17.7 Å². The maximum absolute atomic E-state index is 9.89. The van der Waals surface area contributed by atoms with Gasteiger partial charge in [-0.1, -0.05) is 30.3 Å². The van der Waals surface area contributed by atoms with Gasteiger partial charge in [0.15, 0.2) is 0 Å². The van der Waals surface area contributed by atoms with Gasteiger partial charge in [0.05, 0.1) is 12.4 Å². The molecule has 84 valence electrons. The van der Waals surface area contributed by atoms with Crippen LogP contribution >= 0.6 is 0 Å². The summed E-state index contributed by atoms with van der Waals surface area (Å²) >= 11 is 0. The monoisotopic (exact) mass is 218 g/mol. The Hall–Kier alpha value is -1.58. The molecule has 0 spiro atoms. The first-order valence-corrected chi connectivity index (χ1v) is 5.22. The maximum Gasteiger partial charge on any atom is 0.132 e. The minimum absolute atomic E-state index is 0.234. The standard InChI is InChI=1S/C13H14O3/c14-11(10-5-2-1-3-6-10)9-12(15)13-7-4-8-16-13/h1-8,11-12,14-15H,9H2. The summed E-state index contributed by atoms with van der Waals surface area (Å²) in [4.78, 5) is 0. The molecule has 2 aromatic rings. The molecule has 0 amide bonds. The zero-order valence-electron chi connectivity index (χ0n) is 8.78. The molecule has 3 heteroatoms. The zero-order chi connectivity index (χ0) is 11.4. The van der Waals surface area contributed by atoms with Crippen molar-refractivity contribution < 1.29 is 14.6 Å². The molecule has 3 nitrogen and oxygen atoms in total. The fourth-order valence-corrected chi connectivity index (χ4v) is 1.62. The highest BCUT2D eigenvalue weighted by atomic mass is 16.4. The van der Waals surface area contributed by atoms with Crippen LogP contribution in [-0.2, 0) is 0 Å². The molecule has 2 unspecified atom stereocenters. The van der Waals surface area contributed by atoms with Crippen LogP contribution in [0.5, 0.6) is 0 Å². The third kappa shape index (κ3) is 2.51. The van der Waals surface area contributed by atoms with E-state index < -0.39 is 12.2 Å². The van der Waals surface area contributed by atoms with E-state index in [9.17, 15) is 10.2 Å². The molecule has 1 heterocycles. The van der Waals surface area contributed by atoms with E-state index in [0.717, 1.165) is 5.56 Å². The third-order valence-electron chi connectivity index (χ3n) is 2.50. The molecule has 0 aliphatic heterocycles. The van der Waals surface area contributed by atoms with Crippen LogP contribution in [0.1, 0.15) is 30.0 Å². The largest absolute Gasteiger partial charge is 0.467 e. The summed E-state index contributed by atoms with van der Waals surface area (Å²) in [6.07, 6.45) is 0.289. The van der Waals surface area contributed by atoms with E-state index in [1.807, 2.05) is 30.3 Å². The molecule has 1 aromatic carbocycles. The van der Waals surface area contributed by atoms with Crippen molar-refractivity contribution in [1.29, 1.82) is 0 Å². The first-order valence-electron chi connectivity index (χ1n) is 5.22. The minimum atomic E-state index is -0.773. The average molecular weight is 218 g/mol. The maximum atomic E-state index is 9.89. The van der Waals surface area contributed by atoms with Gasteiger partial charge in [-0.3, -0.25) is 0 Å². The molecular formula is C13H14O3. The van der Waals surface area contributed by atoms with Gasteiger partial charge in [-0.25, -0.2) is 0 Å². The quantitative estimate of drug-likeness (QED) is 0.828. The third-order valence-corrected chi connectivity index (χ3v) is 2.50. The molecule has 0 bridgehead atoms. The van der Waals surface area contributed by atoms with E-state index >= 15 is 0 Å². The molecule has 0 radical (unpaired) electrons. The molecule has 2 rings (SSSR count). The lowest BCUT2D eigenvalue weighted by Gasteiger charge is -2.14. The SMILES string of the molecule is OC(CC(O)c1ccco1)c1ccccc1. The minimum Gasteiger partial charge on any atom is -0.467 e. The summed E-state index contributed by atoms with van der Waals surface area (Å²) in [5.41, 5.74) is 0.799. The van der Waals surface area contributed by atoms with Gasteiger partial charge < -0.3 is 14.6 Å². The highest BCUT2D eigenvalue weighted by Gasteiger charge is 2.16.